The Bertz CT molecular complexity index is 1080. The van der Waals surface area contributed by atoms with Gasteiger partial charge in [-0.1, -0.05) is 5.92 Å². The highest BCUT2D eigenvalue weighted by molar-refractivity contribution is 5.99. The van der Waals surface area contributed by atoms with Gasteiger partial charge in [0.05, 0.1) is 11.8 Å². The van der Waals surface area contributed by atoms with Gasteiger partial charge >= 0.3 is 0 Å². The standard InChI is InChI=1S/C20H16FN5O/c1-22-19-17-11-24-18(26-20(27)12-2-3-12)8-16(17)13(9-25-19)4-6-15-7-5-14(21)10-23-15/h5,7-12H,2-3H2,1H3,(H,22,25)(H,24,26,27). The molecule has 0 unspecified atom stereocenters. The zero-order valence-corrected chi connectivity index (χ0v) is 14.6. The number of halogens is 1. The summed E-state index contributed by atoms with van der Waals surface area (Å²) >= 11 is 0. The van der Waals surface area contributed by atoms with Crippen LogP contribution in [0.3, 0.4) is 0 Å². The summed E-state index contributed by atoms with van der Waals surface area (Å²) in [6, 6.07) is 4.62. The minimum absolute atomic E-state index is 0.00658. The summed E-state index contributed by atoms with van der Waals surface area (Å²) in [6.45, 7) is 0. The molecule has 0 spiro atoms. The first-order valence-electron chi connectivity index (χ1n) is 8.55. The van der Waals surface area contributed by atoms with E-state index in [0.717, 1.165) is 29.8 Å². The first-order chi connectivity index (χ1) is 13.1. The van der Waals surface area contributed by atoms with E-state index in [-0.39, 0.29) is 11.8 Å². The van der Waals surface area contributed by atoms with Crippen molar-refractivity contribution in [1.82, 2.24) is 15.0 Å². The van der Waals surface area contributed by atoms with Gasteiger partial charge in [-0.05, 0) is 37.0 Å². The molecular formula is C20H16FN5O. The van der Waals surface area contributed by atoms with E-state index in [1.165, 1.54) is 12.1 Å². The van der Waals surface area contributed by atoms with Crippen LogP contribution in [-0.2, 0) is 4.79 Å². The summed E-state index contributed by atoms with van der Waals surface area (Å²) in [4.78, 5) is 24.6. The molecule has 0 radical (unpaired) electrons. The van der Waals surface area contributed by atoms with Crippen LogP contribution in [0.2, 0.25) is 0 Å². The molecule has 0 bridgehead atoms. The van der Waals surface area contributed by atoms with E-state index >= 15 is 0 Å². The van der Waals surface area contributed by atoms with Gasteiger partial charge in [-0.3, -0.25) is 4.79 Å². The summed E-state index contributed by atoms with van der Waals surface area (Å²) in [6.07, 6.45) is 6.29. The van der Waals surface area contributed by atoms with E-state index in [2.05, 4.69) is 37.4 Å². The Hall–Kier alpha value is -3.53. The Balaban J connectivity index is 1.74. The summed E-state index contributed by atoms with van der Waals surface area (Å²) in [7, 11) is 1.78. The lowest BCUT2D eigenvalue weighted by Gasteiger charge is -2.09. The predicted molar refractivity (Wildman–Crippen MR) is 101 cm³/mol. The molecule has 0 atom stereocenters. The maximum atomic E-state index is 13.0. The molecule has 2 N–H and O–H groups in total. The van der Waals surface area contributed by atoms with Crippen LogP contribution in [0, 0.1) is 23.6 Å². The SMILES string of the molecule is CNc1ncc(C#Cc2ccc(F)cn2)c2cc(NC(=O)C3CC3)ncc12. The lowest BCUT2D eigenvalue weighted by Crippen LogP contribution is -2.14. The molecular weight excluding hydrogens is 345 g/mol. The van der Waals surface area contributed by atoms with Crippen molar-refractivity contribution in [1.29, 1.82) is 0 Å². The fraction of sp³-hybridized carbons (Fsp3) is 0.200. The second-order valence-electron chi connectivity index (χ2n) is 6.26. The van der Waals surface area contributed by atoms with Gasteiger partial charge in [0, 0.05) is 36.1 Å². The zero-order valence-electron chi connectivity index (χ0n) is 14.6. The van der Waals surface area contributed by atoms with Gasteiger partial charge in [0.15, 0.2) is 0 Å². The molecule has 1 amide bonds. The van der Waals surface area contributed by atoms with Crippen molar-refractivity contribution in [2.24, 2.45) is 5.92 Å². The molecule has 6 nitrogen and oxygen atoms in total. The highest BCUT2D eigenvalue weighted by Crippen LogP contribution is 2.31. The molecule has 7 heteroatoms. The summed E-state index contributed by atoms with van der Waals surface area (Å²) in [5.41, 5.74) is 1.12. The van der Waals surface area contributed by atoms with Crippen LogP contribution >= 0.6 is 0 Å². The third-order valence-electron chi connectivity index (χ3n) is 4.26. The Morgan fingerprint density at radius 2 is 1.96 bits per heavy atom. The van der Waals surface area contributed by atoms with Gasteiger partial charge < -0.3 is 10.6 Å². The molecule has 3 aromatic rings. The smallest absolute Gasteiger partial charge is 0.228 e. The van der Waals surface area contributed by atoms with Crippen molar-refractivity contribution in [3.05, 3.63) is 53.9 Å². The molecule has 3 aromatic heterocycles. The summed E-state index contributed by atoms with van der Waals surface area (Å²) in [5, 5.41) is 7.48. The maximum Gasteiger partial charge on any atom is 0.228 e. The van der Waals surface area contributed by atoms with Crippen LogP contribution < -0.4 is 10.6 Å². The van der Waals surface area contributed by atoms with Gasteiger partial charge in [-0.25, -0.2) is 19.3 Å². The van der Waals surface area contributed by atoms with Gasteiger partial charge in [-0.2, -0.15) is 0 Å². The minimum Gasteiger partial charge on any atom is -0.373 e. The van der Waals surface area contributed by atoms with Gasteiger partial charge in [0.25, 0.3) is 0 Å². The van der Waals surface area contributed by atoms with Crippen LogP contribution in [0.5, 0.6) is 0 Å². The molecule has 0 aromatic carbocycles. The van der Waals surface area contributed by atoms with E-state index < -0.39 is 5.82 Å². The normalized spacial score (nSPS) is 13.0. The molecule has 134 valence electrons. The average Bonchev–Trinajstić information content (AvgIpc) is 3.52. The van der Waals surface area contributed by atoms with Gasteiger partial charge in [0.1, 0.15) is 23.1 Å². The quantitative estimate of drug-likeness (QED) is 0.701. The lowest BCUT2D eigenvalue weighted by atomic mass is 10.1. The first kappa shape index (κ1) is 16.9. The number of aromatic nitrogens is 3. The topological polar surface area (TPSA) is 79.8 Å². The van der Waals surface area contributed by atoms with Crippen LogP contribution in [0.25, 0.3) is 10.8 Å². The van der Waals surface area contributed by atoms with Crippen LogP contribution in [0.1, 0.15) is 24.1 Å². The molecule has 1 saturated carbocycles. The van der Waals surface area contributed by atoms with Crippen molar-refractivity contribution in [2.75, 3.05) is 17.7 Å². The Morgan fingerprint density at radius 1 is 1.11 bits per heavy atom. The van der Waals surface area contributed by atoms with E-state index in [1.807, 2.05) is 0 Å². The van der Waals surface area contributed by atoms with E-state index in [1.54, 1.807) is 25.5 Å². The highest BCUT2D eigenvalue weighted by atomic mass is 19.1. The Kier molecular flexibility index (Phi) is 4.38. The Morgan fingerprint density at radius 3 is 2.67 bits per heavy atom. The van der Waals surface area contributed by atoms with Gasteiger partial charge in [-0.15, -0.1) is 0 Å². The largest absolute Gasteiger partial charge is 0.373 e. The monoisotopic (exact) mass is 361 g/mol. The molecule has 1 aliphatic carbocycles. The van der Waals surface area contributed by atoms with E-state index in [0.29, 0.717) is 22.9 Å². The fourth-order valence-electron chi connectivity index (χ4n) is 2.66. The Labute approximate surface area is 155 Å². The van der Waals surface area contributed by atoms with Gasteiger partial charge in [0.2, 0.25) is 5.91 Å². The number of pyridine rings is 3. The summed E-state index contributed by atoms with van der Waals surface area (Å²) in [5.74, 6) is 6.76. The number of carbonyl (C=O) groups is 1. The molecule has 3 heterocycles. The molecule has 0 aliphatic heterocycles. The van der Waals surface area contributed by atoms with Crippen molar-refractivity contribution >= 4 is 28.3 Å². The number of amides is 1. The van der Waals surface area contributed by atoms with Crippen LogP contribution in [0.15, 0.2) is 36.8 Å². The number of nitrogens with one attached hydrogen (secondary N) is 2. The number of hydrogen-bond acceptors (Lipinski definition) is 5. The number of carbonyl (C=O) groups excluding carboxylic acids is 1. The van der Waals surface area contributed by atoms with E-state index in [9.17, 15) is 9.18 Å². The van der Waals surface area contributed by atoms with Crippen molar-refractivity contribution in [3.63, 3.8) is 0 Å². The fourth-order valence-corrected chi connectivity index (χ4v) is 2.66. The number of hydrogen-bond donors (Lipinski definition) is 2. The van der Waals surface area contributed by atoms with Crippen molar-refractivity contribution < 1.29 is 9.18 Å². The minimum atomic E-state index is -0.409. The second kappa shape index (κ2) is 7.00. The molecule has 4 rings (SSSR count). The highest BCUT2D eigenvalue weighted by Gasteiger charge is 2.29. The van der Waals surface area contributed by atoms with E-state index in [4.69, 9.17) is 0 Å². The van der Waals surface area contributed by atoms with Crippen LogP contribution in [0.4, 0.5) is 16.0 Å². The third kappa shape index (κ3) is 3.70. The maximum absolute atomic E-state index is 13.0. The zero-order chi connectivity index (χ0) is 18.8. The number of anilines is 2. The molecule has 27 heavy (non-hydrogen) atoms. The van der Waals surface area contributed by atoms with Crippen molar-refractivity contribution in [2.45, 2.75) is 12.8 Å². The first-order valence-corrected chi connectivity index (χ1v) is 8.55. The summed E-state index contributed by atoms with van der Waals surface area (Å²) < 4.78 is 13.0. The average molecular weight is 361 g/mol. The molecule has 1 fully saturated rings. The number of fused-ring (bicyclic) bond motifs is 1. The lowest BCUT2D eigenvalue weighted by molar-refractivity contribution is -0.117. The predicted octanol–water partition coefficient (Wildman–Crippen LogP) is 2.95. The number of nitrogens with zero attached hydrogens (tertiary/aromatic N) is 3. The second-order valence-corrected chi connectivity index (χ2v) is 6.26. The van der Waals surface area contributed by atoms with Crippen molar-refractivity contribution in [3.8, 4) is 11.8 Å². The molecule has 0 saturated heterocycles. The number of rotatable bonds is 3. The van der Waals surface area contributed by atoms with Crippen LogP contribution in [-0.4, -0.2) is 27.9 Å². The molecule has 1 aliphatic rings. The third-order valence-corrected chi connectivity index (χ3v) is 4.26.